The number of aryl methyl sites for hydroxylation is 1. The molecule has 17 heavy (non-hydrogen) atoms. The maximum Gasteiger partial charge on any atom is 0.123 e. The van der Waals surface area contributed by atoms with Gasteiger partial charge < -0.3 is 9.90 Å². The van der Waals surface area contributed by atoms with Crippen LogP contribution in [0.15, 0.2) is 30.5 Å². The molecule has 5 heteroatoms. The van der Waals surface area contributed by atoms with Crippen molar-refractivity contribution in [3.63, 3.8) is 0 Å². The number of nitrogens with zero attached hydrogens (tertiary/aromatic N) is 2. The largest absolute Gasteiger partial charge is 0.545 e. The number of hydrogen-bond donors (Lipinski definition) is 0. The summed E-state index contributed by atoms with van der Waals surface area (Å²) >= 11 is 0. The lowest BCUT2D eigenvalue weighted by Gasteiger charge is -2.02. The Balaban J connectivity index is 2.53. The molecule has 88 valence electrons. The summed E-state index contributed by atoms with van der Waals surface area (Å²) < 4.78 is 14.3. The fourth-order valence-electron chi connectivity index (χ4n) is 1.55. The molecule has 0 spiro atoms. The first kappa shape index (κ1) is 11.3. The third-order valence-electron chi connectivity index (χ3n) is 2.42. The first-order valence-electron chi connectivity index (χ1n) is 5.16. The number of aromatic carboxylic acids is 1. The molecule has 0 aliphatic rings. The van der Waals surface area contributed by atoms with Crippen molar-refractivity contribution in [1.29, 1.82) is 0 Å². The number of carbonyl (C=O) groups excluding carboxylic acids is 1. The summed E-state index contributed by atoms with van der Waals surface area (Å²) in [5.41, 5.74) is 0.864. The van der Waals surface area contributed by atoms with E-state index in [9.17, 15) is 14.3 Å². The fourth-order valence-corrected chi connectivity index (χ4v) is 1.55. The zero-order chi connectivity index (χ0) is 12.4. The molecule has 0 fully saturated rings. The highest BCUT2D eigenvalue weighted by Gasteiger charge is 2.11. The van der Waals surface area contributed by atoms with E-state index in [2.05, 4.69) is 5.10 Å². The summed E-state index contributed by atoms with van der Waals surface area (Å²) in [6.45, 7) is 2.40. The van der Waals surface area contributed by atoms with Crippen molar-refractivity contribution in [2.75, 3.05) is 0 Å². The number of carbonyl (C=O) groups is 1. The summed E-state index contributed by atoms with van der Waals surface area (Å²) in [5.74, 6) is -1.66. The van der Waals surface area contributed by atoms with Crippen LogP contribution in [0.25, 0.3) is 11.3 Å². The van der Waals surface area contributed by atoms with E-state index < -0.39 is 5.97 Å². The van der Waals surface area contributed by atoms with Crippen LogP contribution in [0.3, 0.4) is 0 Å². The SMILES string of the molecule is CCn1cc(C(=O)[O-])c(-c2ccc(F)cc2)n1. The van der Waals surface area contributed by atoms with Crippen LogP contribution in [-0.4, -0.2) is 15.7 Å². The van der Waals surface area contributed by atoms with Gasteiger partial charge in [-0.25, -0.2) is 4.39 Å². The Morgan fingerprint density at radius 2 is 2.06 bits per heavy atom. The van der Waals surface area contributed by atoms with Crippen LogP contribution in [0.1, 0.15) is 17.3 Å². The second-order valence-electron chi connectivity index (χ2n) is 3.54. The van der Waals surface area contributed by atoms with Crippen LogP contribution in [0.5, 0.6) is 0 Å². The Morgan fingerprint density at radius 1 is 1.41 bits per heavy atom. The quantitative estimate of drug-likeness (QED) is 0.796. The summed E-state index contributed by atoms with van der Waals surface area (Å²) in [4.78, 5) is 11.0. The number of aromatic nitrogens is 2. The van der Waals surface area contributed by atoms with Gasteiger partial charge in [0.15, 0.2) is 0 Å². The number of hydrogen-bond acceptors (Lipinski definition) is 3. The van der Waals surface area contributed by atoms with Crippen LogP contribution in [0.2, 0.25) is 0 Å². The molecule has 0 amide bonds. The molecule has 2 rings (SSSR count). The zero-order valence-electron chi connectivity index (χ0n) is 9.18. The number of benzene rings is 1. The number of halogens is 1. The summed E-state index contributed by atoms with van der Waals surface area (Å²) in [6, 6.07) is 5.51. The minimum absolute atomic E-state index is 0.0125. The zero-order valence-corrected chi connectivity index (χ0v) is 9.18. The van der Waals surface area contributed by atoms with E-state index in [1.54, 1.807) is 0 Å². The minimum atomic E-state index is -1.29. The van der Waals surface area contributed by atoms with E-state index in [0.29, 0.717) is 17.8 Å². The van der Waals surface area contributed by atoms with Crippen molar-refractivity contribution in [2.24, 2.45) is 0 Å². The Hall–Kier alpha value is -2.17. The van der Waals surface area contributed by atoms with Gasteiger partial charge in [-0.2, -0.15) is 5.10 Å². The topological polar surface area (TPSA) is 58.0 Å². The molecule has 2 aromatic rings. The highest BCUT2D eigenvalue weighted by molar-refractivity contribution is 5.93. The molecule has 0 aliphatic heterocycles. The monoisotopic (exact) mass is 233 g/mol. The van der Waals surface area contributed by atoms with Crippen molar-refractivity contribution in [2.45, 2.75) is 13.5 Å². The fraction of sp³-hybridized carbons (Fsp3) is 0.167. The van der Waals surface area contributed by atoms with E-state index in [4.69, 9.17) is 0 Å². The molecule has 1 aromatic carbocycles. The third-order valence-corrected chi connectivity index (χ3v) is 2.42. The summed E-state index contributed by atoms with van der Waals surface area (Å²) in [5, 5.41) is 15.1. The van der Waals surface area contributed by atoms with Gasteiger partial charge in [0.05, 0.1) is 5.97 Å². The van der Waals surface area contributed by atoms with Crippen LogP contribution >= 0.6 is 0 Å². The molecule has 1 aromatic heterocycles. The molecule has 0 N–H and O–H groups in total. The van der Waals surface area contributed by atoms with Crippen molar-refractivity contribution in [1.82, 2.24) is 9.78 Å². The average Bonchev–Trinajstić information content (AvgIpc) is 2.74. The number of rotatable bonds is 3. The number of carboxylic acid groups (broad SMARTS) is 1. The van der Waals surface area contributed by atoms with Gasteiger partial charge in [-0.3, -0.25) is 4.68 Å². The van der Waals surface area contributed by atoms with E-state index in [1.165, 1.54) is 35.1 Å². The Kier molecular flexibility index (Phi) is 2.91. The molecule has 0 saturated heterocycles. The van der Waals surface area contributed by atoms with Gasteiger partial charge in [0.25, 0.3) is 0 Å². The molecule has 0 unspecified atom stereocenters. The van der Waals surface area contributed by atoms with Crippen molar-refractivity contribution in [3.8, 4) is 11.3 Å². The van der Waals surface area contributed by atoms with Gasteiger partial charge in [-0.05, 0) is 31.2 Å². The second kappa shape index (κ2) is 4.37. The Bertz CT molecular complexity index is 546. The van der Waals surface area contributed by atoms with Gasteiger partial charge in [0.2, 0.25) is 0 Å². The van der Waals surface area contributed by atoms with Crippen molar-refractivity contribution in [3.05, 3.63) is 41.8 Å². The summed E-state index contributed by atoms with van der Waals surface area (Å²) in [6.07, 6.45) is 1.41. The second-order valence-corrected chi connectivity index (χ2v) is 3.54. The van der Waals surface area contributed by atoms with Crippen molar-refractivity contribution < 1.29 is 14.3 Å². The first-order chi connectivity index (χ1) is 8.11. The maximum atomic E-state index is 12.8. The molecule has 0 bridgehead atoms. The average molecular weight is 233 g/mol. The van der Waals surface area contributed by atoms with Gasteiger partial charge in [0, 0.05) is 23.9 Å². The smallest absolute Gasteiger partial charge is 0.123 e. The van der Waals surface area contributed by atoms with Crippen LogP contribution in [0.4, 0.5) is 4.39 Å². The molecular weight excluding hydrogens is 223 g/mol. The van der Waals surface area contributed by atoms with Gasteiger partial charge in [-0.1, -0.05) is 0 Å². The van der Waals surface area contributed by atoms with Crippen LogP contribution < -0.4 is 5.11 Å². The standard InChI is InChI=1S/C12H11FN2O2/c1-2-15-7-10(12(16)17)11(14-15)8-3-5-9(13)6-4-8/h3-7H,2H2,1H3,(H,16,17)/p-1. The lowest BCUT2D eigenvalue weighted by Crippen LogP contribution is -2.22. The minimum Gasteiger partial charge on any atom is -0.545 e. The van der Waals surface area contributed by atoms with E-state index in [0.717, 1.165) is 0 Å². The van der Waals surface area contributed by atoms with Gasteiger partial charge >= 0.3 is 0 Å². The Labute approximate surface area is 97.3 Å². The Morgan fingerprint density at radius 3 is 2.59 bits per heavy atom. The predicted octanol–water partition coefficient (Wildman–Crippen LogP) is 1.07. The van der Waals surface area contributed by atoms with Crippen molar-refractivity contribution >= 4 is 5.97 Å². The third kappa shape index (κ3) is 2.18. The van der Waals surface area contributed by atoms with E-state index in [1.807, 2.05) is 6.92 Å². The number of carboxylic acids is 1. The summed E-state index contributed by atoms with van der Waals surface area (Å²) in [7, 11) is 0. The molecule has 0 saturated carbocycles. The van der Waals surface area contributed by atoms with Gasteiger partial charge in [0.1, 0.15) is 11.5 Å². The van der Waals surface area contributed by atoms with Crippen LogP contribution in [0, 0.1) is 5.82 Å². The lowest BCUT2D eigenvalue weighted by molar-refractivity contribution is -0.254. The lowest BCUT2D eigenvalue weighted by atomic mass is 10.1. The molecule has 1 heterocycles. The van der Waals surface area contributed by atoms with Gasteiger partial charge in [-0.15, -0.1) is 0 Å². The highest BCUT2D eigenvalue weighted by Crippen LogP contribution is 2.21. The van der Waals surface area contributed by atoms with E-state index >= 15 is 0 Å². The highest BCUT2D eigenvalue weighted by atomic mass is 19.1. The van der Waals surface area contributed by atoms with E-state index in [-0.39, 0.29) is 11.4 Å². The first-order valence-corrected chi connectivity index (χ1v) is 5.16. The maximum absolute atomic E-state index is 12.8. The molecule has 0 atom stereocenters. The molecule has 0 aliphatic carbocycles. The molecular formula is C12H10FN2O2-. The normalized spacial score (nSPS) is 10.5. The van der Waals surface area contributed by atoms with Crippen LogP contribution in [-0.2, 0) is 6.54 Å². The molecule has 0 radical (unpaired) electrons. The predicted molar refractivity (Wildman–Crippen MR) is 57.6 cm³/mol. The molecule has 4 nitrogen and oxygen atoms in total.